The van der Waals surface area contributed by atoms with E-state index in [9.17, 15) is 13.6 Å². The standard InChI is InChI=1S/C16H21BrF2N2O3/c1-15(2,3)24-14(22)21-6-5-16(18,19)11(9-21)10-7-12(17)13(23-4)20-8-10/h7-8,11H,5-6,9H2,1-4H3. The van der Waals surface area contributed by atoms with Gasteiger partial charge in [0.1, 0.15) is 5.60 Å². The summed E-state index contributed by atoms with van der Waals surface area (Å²) in [4.78, 5) is 17.5. The number of ether oxygens (including phenoxy) is 2. The number of piperidine rings is 1. The lowest BCUT2D eigenvalue weighted by Crippen LogP contribution is -2.49. The maximum atomic E-state index is 14.4. The molecule has 2 heterocycles. The van der Waals surface area contributed by atoms with E-state index in [2.05, 4.69) is 20.9 Å². The van der Waals surface area contributed by atoms with E-state index in [0.29, 0.717) is 15.9 Å². The minimum absolute atomic E-state index is 0.0385. The molecular formula is C16H21BrF2N2O3. The van der Waals surface area contributed by atoms with Gasteiger partial charge in [0.05, 0.1) is 17.5 Å². The zero-order valence-electron chi connectivity index (χ0n) is 14.1. The smallest absolute Gasteiger partial charge is 0.410 e. The third-order valence-corrected chi connectivity index (χ3v) is 4.27. The average molecular weight is 407 g/mol. The van der Waals surface area contributed by atoms with Crippen molar-refractivity contribution in [1.82, 2.24) is 9.88 Å². The number of nitrogens with zero attached hydrogens (tertiary/aromatic N) is 2. The number of alkyl halides is 2. The number of carbonyl (C=O) groups is 1. The third-order valence-electron chi connectivity index (χ3n) is 3.70. The second-order valence-corrected chi connectivity index (χ2v) is 7.60. The fourth-order valence-corrected chi connectivity index (χ4v) is 3.05. The monoisotopic (exact) mass is 406 g/mol. The zero-order chi connectivity index (χ0) is 18.1. The van der Waals surface area contributed by atoms with Gasteiger partial charge in [0.15, 0.2) is 0 Å². The Labute approximate surface area is 148 Å². The first-order valence-corrected chi connectivity index (χ1v) is 8.38. The molecule has 1 saturated heterocycles. The SMILES string of the molecule is COc1ncc(C2CN(C(=O)OC(C)(C)C)CCC2(F)F)cc1Br. The Bertz CT molecular complexity index is 620. The molecule has 5 nitrogen and oxygen atoms in total. The van der Waals surface area contributed by atoms with E-state index in [0.717, 1.165) is 0 Å². The van der Waals surface area contributed by atoms with E-state index in [1.165, 1.54) is 18.2 Å². The maximum absolute atomic E-state index is 14.4. The molecule has 8 heteroatoms. The van der Waals surface area contributed by atoms with Crippen molar-refractivity contribution in [2.75, 3.05) is 20.2 Å². The molecule has 1 aromatic heterocycles. The zero-order valence-corrected chi connectivity index (χ0v) is 15.7. The Kier molecular flexibility index (Phi) is 5.37. The number of rotatable bonds is 2. The van der Waals surface area contributed by atoms with Crippen molar-refractivity contribution in [2.24, 2.45) is 0 Å². The number of halogens is 3. The number of aromatic nitrogens is 1. The van der Waals surface area contributed by atoms with Gasteiger partial charge in [-0.25, -0.2) is 18.6 Å². The van der Waals surface area contributed by atoms with E-state index in [4.69, 9.17) is 9.47 Å². The van der Waals surface area contributed by atoms with Crippen molar-refractivity contribution in [3.8, 4) is 5.88 Å². The predicted molar refractivity (Wildman–Crippen MR) is 88.6 cm³/mol. The van der Waals surface area contributed by atoms with Crippen LogP contribution in [0.25, 0.3) is 0 Å². The summed E-state index contributed by atoms with van der Waals surface area (Å²) in [5.74, 6) is -3.75. The first-order chi connectivity index (χ1) is 11.0. The molecule has 0 saturated carbocycles. The highest BCUT2D eigenvalue weighted by molar-refractivity contribution is 9.10. The Morgan fingerprint density at radius 1 is 1.46 bits per heavy atom. The van der Waals surface area contributed by atoms with Crippen molar-refractivity contribution in [3.05, 3.63) is 22.3 Å². The highest BCUT2D eigenvalue weighted by Crippen LogP contribution is 2.41. The fraction of sp³-hybridized carbons (Fsp3) is 0.625. The van der Waals surface area contributed by atoms with Gasteiger partial charge < -0.3 is 14.4 Å². The molecule has 0 spiro atoms. The van der Waals surface area contributed by atoms with Gasteiger partial charge in [0.25, 0.3) is 5.92 Å². The molecule has 0 aromatic carbocycles. The van der Waals surface area contributed by atoms with Crippen LogP contribution in [0.3, 0.4) is 0 Å². The average Bonchev–Trinajstić information content (AvgIpc) is 2.45. The van der Waals surface area contributed by atoms with Crippen LogP contribution >= 0.6 is 15.9 Å². The summed E-state index contributed by atoms with van der Waals surface area (Å²) in [7, 11) is 1.45. The minimum Gasteiger partial charge on any atom is -0.480 e. The summed E-state index contributed by atoms with van der Waals surface area (Å²) < 4.78 is 39.6. The predicted octanol–water partition coefficient (Wildman–Crippen LogP) is 4.21. The van der Waals surface area contributed by atoms with Gasteiger partial charge in [-0.1, -0.05) is 0 Å². The number of carbonyl (C=O) groups excluding carboxylic acids is 1. The van der Waals surface area contributed by atoms with E-state index < -0.39 is 30.0 Å². The topological polar surface area (TPSA) is 51.7 Å². The van der Waals surface area contributed by atoms with Crippen LogP contribution in [-0.2, 0) is 4.74 Å². The number of hydrogen-bond donors (Lipinski definition) is 0. The van der Waals surface area contributed by atoms with Crippen LogP contribution in [0.4, 0.5) is 13.6 Å². The summed E-state index contributed by atoms with van der Waals surface area (Å²) in [6.45, 7) is 5.06. The molecule has 2 rings (SSSR count). The lowest BCUT2D eigenvalue weighted by molar-refractivity contribution is -0.0772. The van der Waals surface area contributed by atoms with E-state index in [1.54, 1.807) is 26.8 Å². The van der Waals surface area contributed by atoms with Crippen LogP contribution in [-0.4, -0.2) is 47.7 Å². The first-order valence-electron chi connectivity index (χ1n) is 7.58. The lowest BCUT2D eigenvalue weighted by atomic mass is 9.88. The lowest BCUT2D eigenvalue weighted by Gasteiger charge is -2.39. The number of amides is 1. The summed E-state index contributed by atoms with van der Waals surface area (Å²) in [5, 5.41) is 0. The van der Waals surface area contributed by atoms with E-state index >= 15 is 0 Å². The van der Waals surface area contributed by atoms with E-state index in [-0.39, 0.29) is 13.1 Å². The van der Waals surface area contributed by atoms with Crippen LogP contribution in [0.1, 0.15) is 38.7 Å². The summed E-state index contributed by atoms with van der Waals surface area (Å²) in [6, 6.07) is 1.56. The van der Waals surface area contributed by atoms with Crippen molar-refractivity contribution >= 4 is 22.0 Å². The molecule has 1 aromatic rings. The van der Waals surface area contributed by atoms with Gasteiger partial charge >= 0.3 is 6.09 Å². The van der Waals surface area contributed by atoms with Crippen molar-refractivity contribution < 1.29 is 23.0 Å². The van der Waals surface area contributed by atoms with Crippen LogP contribution in [0, 0.1) is 0 Å². The summed E-state index contributed by atoms with van der Waals surface area (Å²) >= 11 is 3.26. The molecule has 1 fully saturated rings. The molecular weight excluding hydrogens is 386 g/mol. The molecule has 0 N–H and O–H groups in total. The van der Waals surface area contributed by atoms with Crippen molar-refractivity contribution in [2.45, 2.75) is 44.6 Å². The number of pyridine rings is 1. The van der Waals surface area contributed by atoms with Crippen LogP contribution < -0.4 is 4.74 Å². The van der Waals surface area contributed by atoms with Gasteiger partial charge in [-0.05, 0) is 48.3 Å². The number of methoxy groups -OCH3 is 1. The summed E-state index contributed by atoms with van der Waals surface area (Å²) in [5.41, 5.74) is -0.321. The van der Waals surface area contributed by atoms with Gasteiger partial charge in [-0.2, -0.15) is 0 Å². The van der Waals surface area contributed by atoms with Gasteiger partial charge in [-0.3, -0.25) is 0 Å². The molecule has 1 aliphatic rings. The second kappa shape index (κ2) is 6.82. The molecule has 1 amide bonds. The molecule has 24 heavy (non-hydrogen) atoms. The van der Waals surface area contributed by atoms with Crippen LogP contribution in [0.15, 0.2) is 16.7 Å². The normalized spacial score (nSPS) is 20.6. The molecule has 0 bridgehead atoms. The Morgan fingerprint density at radius 2 is 2.12 bits per heavy atom. The van der Waals surface area contributed by atoms with Gasteiger partial charge in [-0.15, -0.1) is 0 Å². The molecule has 134 valence electrons. The van der Waals surface area contributed by atoms with Crippen molar-refractivity contribution in [3.63, 3.8) is 0 Å². The Balaban J connectivity index is 2.23. The molecule has 1 unspecified atom stereocenters. The molecule has 1 aliphatic heterocycles. The van der Waals surface area contributed by atoms with Crippen molar-refractivity contribution in [1.29, 1.82) is 0 Å². The second-order valence-electron chi connectivity index (χ2n) is 6.75. The Morgan fingerprint density at radius 3 is 2.67 bits per heavy atom. The van der Waals surface area contributed by atoms with Crippen LogP contribution in [0.2, 0.25) is 0 Å². The number of likely N-dealkylation sites (tertiary alicyclic amines) is 1. The Hall–Kier alpha value is -1.44. The van der Waals surface area contributed by atoms with E-state index in [1.807, 2.05) is 0 Å². The number of hydrogen-bond acceptors (Lipinski definition) is 4. The first kappa shape index (κ1) is 18.9. The third kappa shape index (κ3) is 4.34. The van der Waals surface area contributed by atoms with Crippen LogP contribution in [0.5, 0.6) is 5.88 Å². The maximum Gasteiger partial charge on any atom is 0.410 e. The molecule has 1 atom stereocenters. The quantitative estimate of drug-likeness (QED) is 0.737. The van der Waals surface area contributed by atoms with Gasteiger partial charge in [0.2, 0.25) is 5.88 Å². The summed E-state index contributed by atoms with van der Waals surface area (Å²) in [6.07, 6.45) is 0.366. The largest absolute Gasteiger partial charge is 0.480 e. The molecule has 0 radical (unpaired) electrons. The minimum atomic E-state index is -2.92. The fourth-order valence-electron chi connectivity index (χ4n) is 2.53. The highest BCUT2D eigenvalue weighted by Gasteiger charge is 2.46. The van der Waals surface area contributed by atoms with Gasteiger partial charge in [0, 0.05) is 25.7 Å². The highest BCUT2D eigenvalue weighted by atomic mass is 79.9. The molecule has 0 aliphatic carbocycles.